The zero-order valence-corrected chi connectivity index (χ0v) is 8.50. The molecular weight excluding hydrogens is 201 g/mol. The monoisotopic (exact) mass is 211 g/mol. The fraction of sp³-hybridized carbons (Fsp3) is 0.200. The second-order valence-corrected chi connectivity index (χ2v) is 3.76. The van der Waals surface area contributed by atoms with Crippen molar-refractivity contribution in [1.82, 2.24) is 0 Å². The first-order valence-electron chi connectivity index (χ1n) is 4.20. The Kier molecular flexibility index (Phi) is 2.63. The van der Waals surface area contributed by atoms with Crippen LogP contribution >= 0.6 is 11.8 Å². The summed E-state index contributed by atoms with van der Waals surface area (Å²) in [6.45, 7) is 0. The summed E-state index contributed by atoms with van der Waals surface area (Å²) < 4.78 is 18.4. The third-order valence-electron chi connectivity index (χ3n) is 1.98. The lowest BCUT2D eigenvalue weighted by Gasteiger charge is -2.18. The minimum Gasteiger partial charge on any atom is -0.497 e. The van der Waals surface area contributed by atoms with E-state index in [1.807, 2.05) is 24.3 Å². The van der Waals surface area contributed by atoms with E-state index >= 15 is 0 Å². The summed E-state index contributed by atoms with van der Waals surface area (Å²) in [7, 11) is 1.60. The van der Waals surface area contributed by atoms with Crippen LogP contribution in [0.2, 0.25) is 0 Å². The summed E-state index contributed by atoms with van der Waals surface area (Å²) in [5.41, 5.74) is -0.222. The Morgan fingerprint density at radius 1 is 1.50 bits per heavy atom. The standard InChI is InChI=1S/C10H10FNOS/c1-13-9-4-2-3-8(7-9)12-5-6-14-10(12)11/h2-7,10H,1H3. The van der Waals surface area contributed by atoms with Crippen LogP contribution in [-0.2, 0) is 0 Å². The minimum atomic E-state index is -1.03. The van der Waals surface area contributed by atoms with Crippen LogP contribution in [0, 0.1) is 0 Å². The molecule has 0 saturated carbocycles. The van der Waals surface area contributed by atoms with Crippen molar-refractivity contribution < 1.29 is 9.13 Å². The molecule has 0 saturated heterocycles. The van der Waals surface area contributed by atoms with Gasteiger partial charge in [-0.25, -0.2) is 4.39 Å². The van der Waals surface area contributed by atoms with Gasteiger partial charge in [-0.05, 0) is 17.5 Å². The lowest BCUT2D eigenvalue weighted by molar-refractivity contribution is 0.414. The molecule has 0 amide bonds. The largest absolute Gasteiger partial charge is 0.497 e. The second-order valence-electron chi connectivity index (χ2n) is 2.82. The highest BCUT2D eigenvalue weighted by molar-refractivity contribution is 8.02. The normalized spacial score (nSPS) is 20.1. The number of ether oxygens (including phenoxy) is 1. The molecule has 0 aliphatic carbocycles. The second kappa shape index (κ2) is 3.92. The van der Waals surface area contributed by atoms with Gasteiger partial charge in [-0.3, -0.25) is 0 Å². The predicted octanol–water partition coefficient (Wildman–Crippen LogP) is 2.97. The maximum absolute atomic E-state index is 13.3. The molecule has 1 atom stereocenters. The topological polar surface area (TPSA) is 12.5 Å². The van der Waals surface area contributed by atoms with Crippen LogP contribution in [-0.4, -0.2) is 12.7 Å². The van der Waals surface area contributed by atoms with Crippen LogP contribution in [0.25, 0.3) is 0 Å². The number of anilines is 1. The number of nitrogens with zero attached hydrogens (tertiary/aromatic N) is 1. The van der Waals surface area contributed by atoms with E-state index in [2.05, 4.69) is 0 Å². The van der Waals surface area contributed by atoms with E-state index in [0.717, 1.165) is 23.2 Å². The summed E-state index contributed by atoms with van der Waals surface area (Å²) in [6.07, 6.45) is 1.73. The van der Waals surface area contributed by atoms with Crippen molar-refractivity contribution in [3.05, 3.63) is 35.9 Å². The zero-order valence-electron chi connectivity index (χ0n) is 7.68. The smallest absolute Gasteiger partial charge is 0.227 e. The molecule has 1 aliphatic rings. The van der Waals surface area contributed by atoms with Gasteiger partial charge in [0, 0.05) is 18.0 Å². The quantitative estimate of drug-likeness (QED) is 0.698. The Hall–Kier alpha value is -1.16. The lowest BCUT2D eigenvalue weighted by Crippen LogP contribution is -2.19. The first-order valence-corrected chi connectivity index (χ1v) is 5.14. The van der Waals surface area contributed by atoms with Gasteiger partial charge in [0.1, 0.15) is 5.75 Å². The molecule has 74 valence electrons. The molecule has 0 radical (unpaired) electrons. The Morgan fingerprint density at radius 2 is 2.36 bits per heavy atom. The number of hydrogen-bond acceptors (Lipinski definition) is 3. The van der Waals surface area contributed by atoms with E-state index in [9.17, 15) is 4.39 Å². The van der Waals surface area contributed by atoms with Crippen molar-refractivity contribution >= 4 is 17.4 Å². The highest BCUT2D eigenvalue weighted by Gasteiger charge is 2.20. The summed E-state index contributed by atoms with van der Waals surface area (Å²) in [4.78, 5) is 1.56. The maximum Gasteiger partial charge on any atom is 0.227 e. The maximum atomic E-state index is 13.3. The van der Waals surface area contributed by atoms with E-state index in [0.29, 0.717) is 0 Å². The minimum absolute atomic E-state index is 0.736. The van der Waals surface area contributed by atoms with Crippen molar-refractivity contribution in [2.24, 2.45) is 0 Å². The van der Waals surface area contributed by atoms with Crippen LogP contribution in [0.1, 0.15) is 0 Å². The number of thioether (sulfide) groups is 1. The summed E-state index contributed by atoms with van der Waals surface area (Å²) in [5.74, 6) is 0.736. The fourth-order valence-corrected chi connectivity index (χ4v) is 1.93. The molecule has 2 rings (SSSR count). The summed E-state index contributed by atoms with van der Waals surface area (Å²) >= 11 is 1.15. The average molecular weight is 211 g/mol. The van der Waals surface area contributed by atoms with E-state index in [-0.39, 0.29) is 0 Å². The SMILES string of the molecule is COc1cccc(N2C=CSC2F)c1. The molecule has 1 aromatic rings. The zero-order chi connectivity index (χ0) is 9.97. The molecule has 1 heterocycles. The molecule has 1 aromatic carbocycles. The highest BCUT2D eigenvalue weighted by atomic mass is 32.2. The van der Waals surface area contributed by atoms with Crippen molar-refractivity contribution in [3.8, 4) is 5.75 Å². The van der Waals surface area contributed by atoms with Gasteiger partial charge >= 0.3 is 0 Å². The molecular formula is C10H10FNOS. The van der Waals surface area contributed by atoms with Crippen LogP contribution in [0.5, 0.6) is 5.75 Å². The molecule has 14 heavy (non-hydrogen) atoms. The molecule has 0 N–H and O–H groups in total. The van der Waals surface area contributed by atoms with Crippen molar-refractivity contribution in [2.75, 3.05) is 12.0 Å². The van der Waals surface area contributed by atoms with E-state index < -0.39 is 5.63 Å². The van der Waals surface area contributed by atoms with Gasteiger partial charge in [0.2, 0.25) is 5.63 Å². The fourth-order valence-electron chi connectivity index (χ4n) is 1.27. The average Bonchev–Trinajstić information content (AvgIpc) is 2.65. The first kappa shape index (κ1) is 9.40. The molecule has 1 aliphatic heterocycles. The Bertz CT molecular complexity index is 356. The van der Waals surface area contributed by atoms with E-state index in [1.165, 1.54) is 0 Å². The highest BCUT2D eigenvalue weighted by Crippen LogP contribution is 2.32. The molecule has 0 aromatic heterocycles. The van der Waals surface area contributed by atoms with Crippen molar-refractivity contribution in [1.29, 1.82) is 0 Å². The van der Waals surface area contributed by atoms with Crippen molar-refractivity contribution in [2.45, 2.75) is 5.63 Å². The molecule has 4 heteroatoms. The van der Waals surface area contributed by atoms with Gasteiger partial charge in [-0.15, -0.1) is 0 Å². The molecule has 0 fully saturated rings. The molecule has 1 unspecified atom stereocenters. The molecule has 0 spiro atoms. The molecule has 2 nitrogen and oxygen atoms in total. The third kappa shape index (κ3) is 1.70. The number of hydrogen-bond donors (Lipinski definition) is 0. The van der Waals surface area contributed by atoms with Crippen LogP contribution < -0.4 is 9.64 Å². The number of alkyl halides is 1. The van der Waals surface area contributed by atoms with Gasteiger partial charge in [-0.2, -0.15) is 0 Å². The van der Waals surface area contributed by atoms with Crippen LogP contribution in [0.3, 0.4) is 0 Å². The Morgan fingerprint density at radius 3 is 3.00 bits per heavy atom. The molecule has 0 bridgehead atoms. The van der Waals surface area contributed by atoms with Crippen LogP contribution in [0.4, 0.5) is 10.1 Å². The van der Waals surface area contributed by atoms with Crippen LogP contribution in [0.15, 0.2) is 35.9 Å². The van der Waals surface area contributed by atoms with Gasteiger partial charge in [-0.1, -0.05) is 17.8 Å². The summed E-state index contributed by atoms with van der Waals surface area (Å²) in [6, 6.07) is 7.34. The van der Waals surface area contributed by atoms with E-state index in [1.54, 1.807) is 23.6 Å². The Labute approximate surface area is 86.4 Å². The van der Waals surface area contributed by atoms with E-state index in [4.69, 9.17) is 4.74 Å². The number of benzene rings is 1. The number of methoxy groups -OCH3 is 1. The lowest BCUT2D eigenvalue weighted by atomic mass is 10.3. The third-order valence-corrected chi connectivity index (χ3v) is 2.71. The summed E-state index contributed by atoms with van der Waals surface area (Å²) in [5, 5.41) is 1.74. The van der Waals surface area contributed by atoms with Crippen molar-refractivity contribution in [3.63, 3.8) is 0 Å². The van der Waals surface area contributed by atoms with Gasteiger partial charge < -0.3 is 9.64 Å². The van der Waals surface area contributed by atoms with Gasteiger partial charge in [0.25, 0.3) is 0 Å². The predicted molar refractivity (Wildman–Crippen MR) is 57.1 cm³/mol. The first-order chi connectivity index (χ1) is 6.81. The number of halogens is 1. The number of rotatable bonds is 2. The van der Waals surface area contributed by atoms with Gasteiger partial charge in [0.05, 0.1) is 7.11 Å². The van der Waals surface area contributed by atoms with Gasteiger partial charge in [0.15, 0.2) is 0 Å². The Balaban J connectivity index is 2.27.